The summed E-state index contributed by atoms with van der Waals surface area (Å²) >= 11 is 1.36. The van der Waals surface area contributed by atoms with E-state index in [0.29, 0.717) is 49.3 Å². The second-order valence-electron chi connectivity index (χ2n) is 9.29. The van der Waals surface area contributed by atoms with Gasteiger partial charge in [0, 0.05) is 48.7 Å². The first-order valence-corrected chi connectivity index (χ1v) is 15.0. The van der Waals surface area contributed by atoms with Crippen molar-refractivity contribution in [2.45, 2.75) is 25.3 Å². The quantitative estimate of drug-likeness (QED) is 0.332. The lowest BCUT2D eigenvalue weighted by Gasteiger charge is -2.33. The molecule has 11 heteroatoms. The number of halogens is 1. The Balaban J connectivity index is 1.46. The number of benzene rings is 1. The molecule has 1 fully saturated rings. The van der Waals surface area contributed by atoms with Crippen LogP contribution in [-0.4, -0.2) is 76.6 Å². The molecule has 2 N–H and O–H groups in total. The predicted octanol–water partition coefficient (Wildman–Crippen LogP) is 3.74. The Morgan fingerprint density at radius 1 is 1.19 bits per heavy atom. The molecule has 1 aliphatic rings. The molecular weight excluding hydrogens is 513 g/mol. The molecule has 37 heavy (non-hydrogen) atoms. The van der Waals surface area contributed by atoms with Crippen LogP contribution in [0.2, 0.25) is 0 Å². The average Bonchev–Trinajstić information content (AvgIpc) is 3.54. The number of aliphatic hydroxyl groups excluding tert-OH is 1. The number of anilines is 1. The van der Waals surface area contributed by atoms with Crippen molar-refractivity contribution in [2.24, 2.45) is 0 Å². The van der Waals surface area contributed by atoms with E-state index in [2.05, 4.69) is 14.6 Å². The summed E-state index contributed by atoms with van der Waals surface area (Å²) < 4.78 is 44.7. The number of rotatable bonds is 9. The van der Waals surface area contributed by atoms with Crippen molar-refractivity contribution in [3.05, 3.63) is 59.4 Å². The third kappa shape index (κ3) is 5.54. The third-order valence-corrected chi connectivity index (χ3v) is 9.30. The molecule has 0 amide bonds. The molecule has 3 aromatic heterocycles. The first kappa shape index (κ1) is 25.8. The molecule has 5 rings (SSSR count). The van der Waals surface area contributed by atoms with Crippen LogP contribution in [0.5, 0.6) is 0 Å². The van der Waals surface area contributed by atoms with Crippen molar-refractivity contribution >= 4 is 38.1 Å². The molecule has 0 bridgehead atoms. The smallest absolute Gasteiger partial charge is 0.151 e. The van der Waals surface area contributed by atoms with Gasteiger partial charge in [-0.05, 0) is 66.7 Å². The monoisotopic (exact) mass is 543 g/mol. The minimum atomic E-state index is -2.95. The fourth-order valence-electron chi connectivity index (χ4n) is 5.02. The minimum Gasteiger partial charge on any atom is -0.395 e. The van der Waals surface area contributed by atoms with E-state index in [-0.39, 0.29) is 30.0 Å². The minimum absolute atomic E-state index is 0.0254. The number of pyridine rings is 1. The van der Waals surface area contributed by atoms with Crippen molar-refractivity contribution in [1.29, 1.82) is 0 Å². The average molecular weight is 544 g/mol. The van der Waals surface area contributed by atoms with Gasteiger partial charge >= 0.3 is 0 Å². The number of sulfone groups is 1. The SMILES string of the molecule is CNc1ccc(-c2ccc3c(CCN(CCO)C4CCS(=O)(=O)CC4)cn(-c4ccsn4)c3n2)cc1F. The van der Waals surface area contributed by atoms with E-state index in [1.165, 1.54) is 17.6 Å². The Kier molecular flexibility index (Phi) is 7.57. The van der Waals surface area contributed by atoms with Gasteiger partial charge in [0.05, 0.1) is 29.5 Å². The lowest BCUT2D eigenvalue weighted by Crippen LogP contribution is -2.43. The fourth-order valence-corrected chi connectivity index (χ4v) is 6.99. The van der Waals surface area contributed by atoms with E-state index in [4.69, 9.17) is 4.98 Å². The van der Waals surface area contributed by atoms with Gasteiger partial charge in [-0.25, -0.2) is 17.8 Å². The lowest BCUT2D eigenvalue weighted by molar-refractivity contribution is 0.143. The van der Waals surface area contributed by atoms with Crippen LogP contribution in [-0.2, 0) is 16.3 Å². The molecule has 196 valence electrons. The summed E-state index contributed by atoms with van der Waals surface area (Å²) in [6.45, 7) is 1.23. The van der Waals surface area contributed by atoms with E-state index < -0.39 is 9.84 Å². The zero-order valence-electron chi connectivity index (χ0n) is 20.6. The molecule has 4 aromatic rings. The number of fused-ring (bicyclic) bond motifs is 1. The first-order valence-electron chi connectivity index (χ1n) is 12.3. The predicted molar refractivity (Wildman–Crippen MR) is 146 cm³/mol. The Hall–Kier alpha value is -2.86. The van der Waals surface area contributed by atoms with Gasteiger partial charge in [-0.1, -0.05) is 6.07 Å². The van der Waals surface area contributed by atoms with Crippen LogP contribution in [0.25, 0.3) is 28.1 Å². The van der Waals surface area contributed by atoms with Crippen LogP contribution >= 0.6 is 11.5 Å². The molecule has 1 saturated heterocycles. The van der Waals surface area contributed by atoms with Crippen LogP contribution in [0.4, 0.5) is 10.1 Å². The zero-order valence-corrected chi connectivity index (χ0v) is 22.2. The van der Waals surface area contributed by atoms with Crippen molar-refractivity contribution in [3.8, 4) is 17.1 Å². The molecule has 4 heterocycles. The molecular formula is C26H30FN5O3S2. The van der Waals surface area contributed by atoms with Crippen molar-refractivity contribution in [3.63, 3.8) is 0 Å². The number of aromatic nitrogens is 3. The maximum Gasteiger partial charge on any atom is 0.151 e. The Labute approximate surface area is 219 Å². The molecule has 0 unspecified atom stereocenters. The molecule has 8 nitrogen and oxygen atoms in total. The summed E-state index contributed by atoms with van der Waals surface area (Å²) in [5.41, 5.74) is 3.62. The Morgan fingerprint density at radius 2 is 2.00 bits per heavy atom. The summed E-state index contributed by atoms with van der Waals surface area (Å²) in [5, 5.41) is 15.4. The van der Waals surface area contributed by atoms with Gasteiger partial charge in [0.15, 0.2) is 5.82 Å². The van der Waals surface area contributed by atoms with Gasteiger partial charge in [-0.15, -0.1) is 0 Å². The summed E-state index contributed by atoms with van der Waals surface area (Å²) in [4.78, 5) is 7.11. The van der Waals surface area contributed by atoms with Gasteiger partial charge in [0.2, 0.25) is 0 Å². The number of nitrogens with one attached hydrogen (secondary N) is 1. The van der Waals surface area contributed by atoms with Gasteiger partial charge in [0.25, 0.3) is 0 Å². The van der Waals surface area contributed by atoms with Gasteiger partial charge < -0.3 is 10.4 Å². The van der Waals surface area contributed by atoms with Crippen molar-refractivity contribution < 1.29 is 17.9 Å². The Bertz CT molecular complexity index is 1470. The second-order valence-corrected chi connectivity index (χ2v) is 12.3. The number of aliphatic hydroxyl groups is 1. The molecule has 1 aliphatic heterocycles. The maximum atomic E-state index is 14.4. The van der Waals surface area contributed by atoms with E-state index in [9.17, 15) is 17.9 Å². The molecule has 1 aromatic carbocycles. The fraction of sp³-hybridized carbons (Fsp3) is 0.385. The van der Waals surface area contributed by atoms with Crippen molar-refractivity contribution in [2.75, 3.05) is 43.6 Å². The highest BCUT2D eigenvalue weighted by molar-refractivity contribution is 7.91. The van der Waals surface area contributed by atoms with Crippen LogP contribution in [0, 0.1) is 5.82 Å². The van der Waals surface area contributed by atoms with Crippen molar-refractivity contribution in [1.82, 2.24) is 18.8 Å². The van der Waals surface area contributed by atoms with Crippen LogP contribution in [0.3, 0.4) is 0 Å². The topological polar surface area (TPSA) is 100 Å². The van der Waals surface area contributed by atoms with E-state index in [1.807, 2.05) is 40.4 Å². The molecule has 0 radical (unpaired) electrons. The highest BCUT2D eigenvalue weighted by Gasteiger charge is 2.28. The van der Waals surface area contributed by atoms with Gasteiger partial charge in [0.1, 0.15) is 21.3 Å². The number of hydrogen-bond acceptors (Lipinski definition) is 8. The third-order valence-electron chi connectivity index (χ3n) is 7.04. The normalized spacial score (nSPS) is 16.0. The van der Waals surface area contributed by atoms with Gasteiger partial charge in [-0.2, -0.15) is 4.37 Å². The van der Waals surface area contributed by atoms with Crippen LogP contribution in [0.1, 0.15) is 18.4 Å². The van der Waals surface area contributed by atoms with E-state index in [0.717, 1.165) is 22.4 Å². The van der Waals surface area contributed by atoms with E-state index >= 15 is 0 Å². The highest BCUT2D eigenvalue weighted by Crippen LogP contribution is 2.29. The number of hydrogen-bond donors (Lipinski definition) is 2. The standard InChI is InChI=1S/C26H30FN5O3S2/c1-28-24-4-2-18(16-22(24)27)23-5-3-21-19(17-32(26(21)29-23)25-7-13-36-30-25)6-10-31(11-12-33)20-8-14-37(34,35)15-9-20/h2-5,7,13,16-17,20,28,33H,6,8-12,14-15H2,1H3. The summed E-state index contributed by atoms with van der Waals surface area (Å²) in [6.07, 6.45) is 3.94. The summed E-state index contributed by atoms with van der Waals surface area (Å²) in [6, 6.07) is 11.0. The first-order chi connectivity index (χ1) is 17.9. The number of nitrogens with zero attached hydrogens (tertiary/aromatic N) is 4. The largest absolute Gasteiger partial charge is 0.395 e. The summed E-state index contributed by atoms with van der Waals surface area (Å²) in [5.74, 6) is 0.834. The van der Waals surface area contributed by atoms with Crippen LogP contribution < -0.4 is 5.32 Å². The van der Waals surface area contributed by atoms with E-state index in [1.54, 1.807) is 13.1 Å². The summed E-state index contributed by atoms with van der Waals surface area (Å²) in [7, 11) is -1.27. The highest BCUT2D eigenvalue weighted by atomic mass is 32.2. The molecule has 0 saturated carbocycles. The Morgan fingerprint density at radius 3 is 2.68 bits per heavy atom. The van der Waals surface area contributed by atoms with Crippen LogP contribution in [0.15, 0.2) is 48.0 Å². The molecule has 0 aliphatic carbocycles. The molecule has 0 spiro atoms. The zero-order chi connectivity index (χ0) is 26.0. The second kappa shape index (κ2) is 10.9. The molecule has 0 atom stereocenters. The van der Waals surface area contributed by atoms with Gasteiger partial charge in [-0.3, -0.25) is 9.47 Å². The lowest BCUT2D eigenvalue weighted by atomic mass is 10.1. The maximum absolute atomic E-state index is 14.4.